The van der Waals surface area contributed by atoms with Gasteiger partial charge in [0.2, 0.25) is 0 Å². The van der Waals surface area contributed by atoms with E-state index in [9.17, 15) is 19.7 Å². The molecule has 2 amide bonds. The van der Waals surface area contributed by atoms with Crippen molar-refractivity contribution >= 4 is 34.7 Å². The van der Waals surface area contributed by atoms with Gasteiger partial charge in [-0.25, -0.2) is 0 Å². The van der Waals surface area contributed by atoms with Gasteiger partial charge in [0.05, 0.1) is 16.4 Å². The van der Waals surface area contributed by atoms with Crippen molar-refractivity contribution in [2.24, 2.45) is 0 Å². The molecule has 0 radical (unpaired) electrons. The van der Waals surface area contributed by atoms with Crippen molar-refractivity contribution in [3.63, 3.8) is 0 Å². The minimum Gasteiger partial charge on any atom is -0.318 e. The van der Waals surface area contributed by atoms with Gasteiger partial charge in [0.15, 0.2) is 0 Å². The average molecular weight is 490 g/mol. The number of hydrogen-bond acceptors (Lipinski definition) is 5. The normalized spacial score (nSPS) is 15.3. The van der Waals surface area contributed by atoms with E-state index < -0.39 is 4.92 Å². The maximum atomic E-state index is 13.0. The maximum absolute atomic E-state index is 13.0. The molecule has 4 rings (SSSR count). The molecule has 0 atom stereocenters. The van der Waals surface area contributed by atoms with Crippen LogP contribution in [-0.4, -0.2) is 25.5 Å². The molecule has 0 saturated carbocycles. The third kappa shape index (κ3) is 4.93. The summed E-state index contributed by atoms with van der Waals surface area (Å²) in [5.74, 6) is -0.363. The summed E-state index contributed by atoms with van der Waals surface area (Å²) in [6.07, 6.45) is 1.77. The van der Waals surface area contributed by atoms with Crippen molar-refractivity contribution in [3.8, 4) is 5.69 Å². The van der Waals surface area contributed by atoms with Crippen LogP contribution in [0.1, 0.15) is 48.8 Å². The third-order valence-electron chi connectivity index (χ3n) is 6.11. The van der Waals surface area contributed by atoms with E-state index in [1.807, 2.05) is 19.9 Å². The van der Waals surface area contributed by atoms with Gasteiger partial charge in [-0.1, -0.05) is 45.0 Å². The lowest BCUT2D eigenvalue weighted by molar-refractivity contribution is -0.384. The zero-order valence-corrected chi connectivity index (χ0v) is 21.2. The van der Waals surface area contributed by atoms with Crippen molar-refractivity contribution in [1.29, 1.82) is 0 Å². The summed E-state index contributed by atoms with van der Waals surface area (Å²) >= 11 is 0.909. The Morgan fingerprint density at radius 3 is 2.20 bits per heavy atom. The van der Waals surface area contributed by atoms with Crippen molar-refractivity contribution in [2.45, 2.75) is 46.6 Å². The molecule has 1 fully saturated rings. The second-order valence-corrected chi connectivity index (χ2v) is 10.6. The SMILES string of the molecule is Cc1cc(/C=C2\SC(=O)N(Cc3ccc([N+](=O)[O-])cc3)C2=O)c(C)n1-c1ccc(C(C)(C)C)cc1. The molecular formula is C27H27N3O4S. The summed E-state index contributed by atoms with van der Waals surface area (Å²) < 4.78 is 2.14. The molecule has 35 heavy (non-hydrogen) atoms. The van der Waals surface area contributed by atoms with Crippen LogP contribution in [0.15, 0.2) is 59.5 Å². The number of rotatable bonds is 5. The number of carbonyl (C=O) groups excluding carboxylic acids is 2. The standard InChI is InChI=1S/C27H27N3O4S/c1-17-14-20(18(2)29(17)22-12-8-21(9-13-22)27(3,4)5)15-24-25(31)28(26(32)35-24)16-19-6-10-23(11-7-19)30(33)34/h6-15H,16H2,1-5H3/b24-15-. The summed E-state index contributed by atoms with van der Waals surface area (Å²) in [6.45, 7) is 10.6. The van der Waals surface area contributed by atoms with Gasteiger partial charge >= 0.3 is 0 Å². The number of aryl methyl sites for hydroxylation is 1. The fourth-order valence-corrected chi connectivity index (χ4v) is 4.95. The van der Waals surface area contributed by atoms with Crippen LogP contribution in [-0.2, 0) is 16.8 Å². The maximum Gasteiger partial charge on any atom is 0.293 e. The lowest BCUT2D eigenvalue weighted by Crippen LogP contribution is -2.27. The number of non-ortho nitro benzene ring substituents is 1. The van der Waals surface area contributed by atoms with E-state index in [1.165, 1.54) is 22.6 Å². The molecular weight excluding hydrogens is 462 g/mol. The molecule has 7 nitrogen and oxygen atoms in total. The monoisotopic (exact) mass is 489 g/mol. The Bertz CT molecular complexity index is 1350. The van der Waals surface area contributed by atoms with Gasteiger partial charge in [-0.3, -0.25) is 24.6 Å². The Morgan fingerprint density at radius 1 is 1.00 bits per heavy atom. The lowest BCUT2D eigenvalue weighted by atomic mass is 9.87. The number of aromatic nitrogens is 1. The van der Waals surface area contributed by atoms with E-state index in [0.29, 0.717) is 10.5 Å². The van der Waals surface area contributed by atoms with Gasteiger partial charge in [-0.2, -0.15) is 0 Å². The number of nitrogens with zero attached hydrogens (tertiary/aromatic N) is 3. The van der Waals surface area contributed by atoms with Gasteiger partial charge in [0.25, 0.3) is 16.8 Å². The Kier molecular flexibility index (Phi) is 6.42. The molecule has 0 bridgehead atoms. The Morgan fingerprint density at radius 2 is 1.63 bits per heavy atom. The van der Waals surface area contributed by atoms with Gasteiger partial charge in [0, 0.05) is 29.2 Å². The van der Waals surface area contributed by atoms with Crippen molar-refractivity contribution in [1.82, 2.24) is 9.47 Å². The second-order valence-electron chi connectivity index (χ2n) is 9.65. The second kappa shape index (κ2) is 9.19. The summed E-state index contributed by atoms with van der Waals surface area (Å²) in [7, 11) is 0. The molecule has 1 aliphatic rings. The number of nitro benzene ring substituents is 1. The van der Waals surface area contributed by atoms with Gasteiger partial charge in [-0.15, -0.1) is 0 Å². The van der Waals surface area contributed by atoms with E-state index in [4.69, 9.17) is 0 Å². The number of thioether (sulfide) groups is 1. The van der Waals surface area contributed by atoms with E-state index in [0.717, 1.165) is 34.4 Å². The van der Waals surface area contributed by atoms with Crippen LogP contribution >= 0.6 is 11.8 Å². The molecule has 0 aliphatic carbocycles. The molecule has 2 heterocycles. The van der Waals surface area contributed by atoms with Crippen molar-refractivity contribution in [3.05, 3.63) is 97.7 Å². The summed E-state index contributed by atoms with van der Waals surface area (Å²) in [4.78, 5) is 37.5. The van der Waals surface area contributed by atoms with Gasteiger partial charge < -0.3 is 4.57 Å². The van der Waals surface area contributed by atoms with Crippen LogP contribution in [0.25, 0.3) is 11.8 Å². The summed E-state index contributed by atoms with van der Waals surface area (Å²) in [5.41, 5.74) is 5.87. The van der Waals surface area contributed by atoms with Crippen LogP contribution in [0.3, 0.4) is 0 Å². The fraction of sp³-hybridized carbons (Fsp3) is 0.259. The van der Waals surface area contributed by atoms with E-state index in [-0.39, 0.29) is 28.8 Å². The van der Waals surface area contributed by atoms with E-state index in [2.05, 4.69) is 49.6 Å². The Balaban J connectivity index is 1.58. The zero-order valence-electron chi connectivity index (χ0n) is 20.4. The highest BCUT2D eigenvalue weighted by Crippen LogP contribution is 2.35. The minimum absolute atomic E-state index is 0.0359. The van der Waals surface area contributed by atoms with E-state index >= 15 is 0 Å². The highest BCUT2D eigenvalue weighted by atomic mass is 32.2. The topological polar surface area (TPSA) is 85.5 Å². The Labute approximate surface area is 208 Å². The number of benzene rings is 2. The van der Waals surface area contributed by atoms with Crippen LogP contribution in [0, 0.1) is 24.0 Å². The largest absolute Gasteiger partial charge is 0.318 e. The molecule has 8 heteroatoms. The molecule has 3 aromatic rings. The predicted octanol–water partition coefficient (Wildman–Crippen LogP) is 6.54. The number of imide groups is 1. The molecule has 180 valence electrons. The average Bonchev–Trinajstić information content (AvgIpc) is 3.22. The van der Waals surface area contributed by atoms with Crippen LogP contribution in [0.2, 0.25) is 0 Å². The first-order chi connectivity index (χ1) is 16.5. The third-order valence-corrected chi connectivity index (χ3v) is 7.02. The van der Waals surface area contributed by atoms with Crippen LogP contribution < -0.4 is 0 Å². The van der Waals surface area contributed by atoms with Gasteiger partial charge in [-0.05, 0) is 72.0 Å². The first kappa shape index (κ1) is 24.5. The van der Waals surface area contributed by atoms with Gasteiger partial charge in [0.1, 0.15) is 0 Å². The zero-order chi connectivity index (χ0) is 25.5. The van der Waals surface area contributed by atoms with Crippen molar-refractivity contribution < 1.29 is 14.5 Å². The molecule has 0 unspecified atom stereocenters. The predicted molar refractivity (Wildman–Crippen MR) is 139 cm³/mol. The molecule has 0 spiro atoms. The smallest absolute Gasteiger partial charge is 0.293 e. The highest BCUT2D eigenvalue weighted by molar-refractivity contribution is 8.18. The quantitative estimate of drug-likeness (QED) is 0.231. The summed E-state index contributed by atoms with van der Waals surface area (Å²) in [6, 6.07) is 16.3. The molecule has 2 aromatic carbocycles. The summed E-state index contributed by atoms with van der Waals surface area (Å²) in [5, 5.41) is 10.5. The first-order valence-electron chi connectivity index (χ1n) is 11.2. The molecule has 0 N–H and O–H groups in total. The number of amides is 2. The number of nitro groups is 1. The first-order valence-corrected chi connectivity index (χ1v) is 12.1. The van der Waals surface area contributed by atoms with Crippen LogP contribution in [0.4, 0.5) is 10.5 Å². The minimum atomic E-state index is -0.484. The lowest BCUT2D eigenvalue weighted by Gasteiger charge is -2.20. The number of hydrogen-bond donors (Lipinski definition) is 0. The molecule has 1 aromatic heterocycles. The number of carbonyl (C=O) groups is 2. The highest BCUT2D eigenvalue weighted by Gasteiger charge is 2.35. The molecule has 1 aliphatic heterocycles. The van der Waals surface area contributed by atoms with Crippen molar-refractivity contribution in [2.75, 3.05) is 0 Å². The van der Waals surface area contributed by atoms with Crippen LogP contribution in [0.5, 0.6) is 0 Å². The fourth-order valence-electron chi connectivity index (χ4n) is 4.12. The molecule has 1 saturated heterocycles. The Hall–Kier alpha value is -3.65. The van der Waals surface area contributed by atoms with E-state index in [1.54, 1.807) is 18.2 Å².